The Labute approximate surface area is 204 Å². The first-order valence-electron chi connectivity index (χ1n) is 12.1. The van der Waals surface area contributed by atoms with Crippen LogP contribution in [0.4, 0.5) is 0 Å². The van der Waals surface area contributed by atoms with Gasteiger partial charge in [-0.1, -0.05) is 54.6 Å². The van der Waals surface area contributed by atoms with Gasteiger partial charge < -0.3 is 4.40 Å². The molecule has 0 spiro atoms. The Morgan fingerprint density at radius 2 is 1.25 bits per heavy atom. The van der Waals surface area contributed by atoms with E-state index in [9.17, 15) is 0 Å². The molecular weight excluding hydrogens is 442 g/mol. The minimum absolute atomic E-state index is 0.633. The van der Waals surface area contributed by atoms with Gasteiger partial charge in [0.15, 0.2) is 5.65 Å². The Morgan fingerprint density at radius 3 is 2.08 bits per heavy atom. The molecule has 0 bridgehead atoms. The second-order valence-electron chi connectivity index (χ2n) is 9.35. The van der Waals surface area contributed by atoms with E-state index in [0.29, 0.717) is 11.6 Å². The number of hydrogen-bond donors (Lipinski definition) is 0. The molecule has 9 rings (SSSR count). The van der Waals surface area contributed by atoms with Gasteiger partial charge in [0.2, 0.25) is 5.95 Å². The fraction of sp³-hybridized carbons (Fsp3) is 0. The van der Waals surface area contributed by atoms with E-state index in [1.54, 1.807) is 6.20 Å². The number of benzene rings is 4. The summed E-state index contributed by atoms with van der Waals surface area (Å²) in [4.78, 5) is 14.2. The van der Waals surface area contributed by atoms with Gasteiger partial charge in [0.1, 0.15) is 0 Å². The molecule has 0 N–H and O–H groups in total. The summed E-state index contributed by atoms with van der Waals surface area (Å²) in [5.74, 6) is 0.633. The maximum Gasteiger partial charge on any atom is 0.236 e. The molecule has 0 fully saturated rings. The first-order valence-corrected chi connectivity index (χ1v) is 12.1. The quantitative estimate of drug-likeness (QED) is 0.259. The summed E-state index contributed by atoms with van der Waals surface area (Å²) in [6.45, 7) is 0. The SMILES string of the molecule is c1cnc2nc(-n3c4ccccc4c4c5c6ccccc6n6c7ccccc7c(cc43)c56)ncc2c1. The number of para-hydroxylation sites is 3. The molecule has 5 aromatic heterocycles. The van der Waals surface area contributed by atoms with Crippen LogP contribution in [0.1, 0.15) is 0 Å². The number of fused-ring (bicyclic) bond motifs is 11. The molecule has 0 aliphatic heterocycles. The zero-order chi connectivity index (χ0) is 23.4. The summed E-state index contributed by atoms with van der Waals surface area (Å²) in [5, 5.41) is 8.40. The van der Waals surface area contributed by atoms with E-state index >= 15 is 0 Å². The summed E-state index contributed by atoms with van der Waals surface area (Å²) in [7, 11) is 0. The van der Waals surface area contributed by atoms with Crippen molar-refractivity contribution < 1.29 is 0 Å². The summed E-state index contributed by atoms with van der Waals surface area (Å²) in [6.07, 6.45) is 3.64. The van der Waals surface area contributed by atoms with Crippen molar-refractivity contribution in [3.63, 3.8) is 0 Å². The standard InChI is InChI=1S/C31H17N5/c1-4-12-23-19(9-1)22-16-26-27(28-21-11-3-5-13-24(21)35(23)29(22)28)20-10-2-6-14-25(20)36(26)31-33-17-18-8-7-15-32-30(18)34-31/h1-17H. The highest BCUT2D eigenvalue weighted by Gasteiger charge is 2.24. The fourth-order valence-corrected chi connectivity index (χ4v) is 6.14. The van der Waals surface area contributed by atoms with Gasteiger partial charge >= 0.3 is 0 Å². The van der Waals surface area contributed by atoms with Gasteiger partial charge in [0.05, 0.1) is 27.6 Å². The van der Waals surface area contributed by atoms with Crippen LogP contribution in [0, 0.1) is 0 Å². The van der Waals surface area contributed by atoms with E-state index in [1.165, 1.54) is 48.9 Å². The second-order valence-corrected chi connectivity index (χ2v) is 9.35. The molecule has 5 heteroatoms. The van der Waals surface area contributed by atoms with Gasteiger partial charge in [0, 0.05) is 50.1 Å². The van der Waals surface area contributed by atoms with E-state index in [0.717, 1.165) is 16.4 Å². The van der Waals surface area contributed by atoms with Crippen LogP contribution < -0.4 is 0 Å². The number of hydrogen-bond acceptors (Lipinski definition) is 3. The molecule has 0 amide bonds. The van der Waals surface area contributed by atoms with Crippen molar-refractivity contribution in [3.05, 3.63) is 103 Å². The number of rotatable bonds is 1. The van der Waals surface area contributed by atoms with Crippen molar-refractivity contribution >= 4 is 70.9 Å². The van der Waals surface area contributed by atoms with Crippen LogP contribution in [0.15, 0.2) is 103 Å². The zero-order valence-corrected chi connectivity index (χ0v) is 19.1. The molecular formula is C31H17N5. The summed E-state index contributed by atoms with van der Waals surface area (Å²) >= 11 is 0. The van der Waals surface area contributed by atoms with Crippen molar-refractivity contribution in [2.75, 3.05) is 0 Å². The average Bonchev–Trinajstić information content (AvgIpc) is 3.57. The Kier molecular flexibility index (Phi) is 3.23. The highest BCUT2D eigenvalue weighted by atomic mass is 15.2. The van der Waals surface area contributed by atoms with Gasteiger partial charge in [-0.05, 0) is 36.4 Å². The molecule has 5 heterocycles. The smallest absolute Gasteiger partial charge is 0.236 e. The lowest BCUT2D eigenvalue weighted by atomic mass is 10.0. The van der Waals surface area contributed by atoms with Crippen LogP contribution in [0.5, 0.6) is 0 Å². The number of aromatic nitrogens is 5. The molecule has 0 saturated heterocycles. The van der Waals surface area contributed by atoms with Gasteiger partial charge in [0.25, 0.3) is 0 Å². The van der Waals surface area contributed by atoms with Crippen LogP contribution in [0.2, 0.25) is 0 Å². The molecule has 0 saturated carbocycles. The summed E-state index contributed by atoms with van der Waals surface area (Å²) in [6, 6.07) is 32.2. The average molecular weight is 460 g/mol. The van der Waals surface area contributed by atoms with Gasteiger partial charge in [-0.3, -0.25) is 4.57 Å². The Balaban J connectivity index is 1.59. The molecule has 0 atom stereocenters. The van der Waals surface area contributed by atoms with Gasteiger partial charge in [-0.2, -0.15) is 4.98 Å². The number of nitrogens with zero attached hydrogens (tertiary/aromatic N) is 5. The van der Waals surface area contributed by atoms with Crippen LogP contribution in [0.3, 0.4) is 0 Å². The monoisotopic (exact) mass is 459 g/mol. The maximum absolute atomic E-state index is 4.90. The van der Waals surface area contributed by atoms with E-state index in [4.69, 9.17) is 9.97 Å². The van der Waals surface area contributed by atoms with E-state index < -0.39 is 0 Å². The predicted octanol–water partition coefficient (Wildman–Crippen LogP) is 7.27. The van der Waals surface area contributed by atoms with Gasteiger partial charge in [-0.15, -0.1) is 0 Å². The number of pyridine rings is 1. The van der Waals surface area contributed by atoms with Crippen molar-refractivity contribution in [1.29, 1.82) is 0 Å². The van der Waals surface area contributed by atoms with Crippen LogP contribution in [-0.4, -0.2) is 23.9 Å². The van der Waals surface area contributed by atoms with Gasteiger partial charge in [-0.25, -0.2) is 9.97 Å². The first kappa shape index (κ1) is 18.3. The normalized spacial score (nSPS) is 12.4. The predicted molar refractivity (Wildman–Crippen MR) is 146 cm³/mol. The third-order valence-corrected chi connectivity index (χ3v) is 7.55. The topological polar surface area (TPSA) is 48.0 Å². The maximum atomic E-state index is 4.90. The van der Waals surface area contributed by atoms with Crippen LogP contribution >= 0.6 is 0 Å². The first-order chi connectivity index (χ1) is 17.9. The summed E-state index contributed by atoms with van der Waals surface area (Å²) in [5.41, 5.74) is 6.62. The van der Waals surface area contributed by atoms with Crippen molar-refractivity contribution in [2.24, 2.45) is 0 Å². The highest BCUT2D eigenvalue weighted by molar-refractivity contribution is 6.35. The van der Waals surface area contributed by atoms with Crippen molar-refractivity contribution in [1.82, 2.24) is 23.9 Å². The minimum atomic E-state index is 0.633. The van der Waals surface area contributed by atoms with E-state index in [-0.39, 0.29) is 0 Å². The van der Waals surface area contributed by atoms with Crippen molar-refractivity contribution in [3.8, 4) is 5.95 Å². The molecule has 0 aliphatic carbocycles. The van der Waals surface area contributed by atoms with Crippen LogP contribution in [0.25, 0.3) is 76.9 Å². The lowest BCUT2D eigenvalue weighted by molar-refractivity contribution is 1.00. The molecule has 36 heavy (non-hydrogen) atoms. The molecule has 5 nitrogen and oxygen atoms in total. The van der Waals surface area contributed by atoms with Crippen LogP contribution in [-0.2, 0) is 0 Å². The molecule has 166 valence electrons. The van der Waals surface area contributed by atoms with Crippen molar-refractivity contribution in [2.45, 2.75) is 0 Å². The Bertz CT molecular complexity index is 2320. The molecule has 0 unspecified atom stereocenters. The minimum Gasteiger partial charge on any atom is -0.308 e. The Hall–Kier alpha value is -5.03. The third kappa shape index (κ3) is 2.10. The van der Waals surface area contributed by atoms with E-state index in [2.05, 4.69) is 92.8 Å². The third-order valence-electron chi connectivity index (χ3n) is 7.55. The molecule has 9 aromatic rings. The summed E-state index contributed by atoms with van der Waals surface area (Å²) < 4.78 is 4.62. The largest absolute Gasteiger partial charge is 0.308 e. The highest BCUT2D eigenvalue weighted by Crippen LogP contribution is 2.46. The molecule has 0 aliphatic rings. The zero-order valence-electron chi connectivity index (χ0n) is 19.1. The molecule has 0 radical (unpaired) electrons. The lowest BCUT2D eigenvalue weighted by Crippen LogP contribution is -2.01. The van der Waals surface area contributed by atoms with E-state index in [1.807, 2.05) is 18.3 Å². The molecule has 4 aromatic carbocycles. The lowest BCUT2D eigenvalue weighted by Gasteiger charge is -2.07. The second kappa shape index (κ2) is 6.34. The fourth-order valence-electron chi connectivity index (χ4n) is 6.14. The Morgan fingerprint density at radius 1 is 0.556 bits per heavy atom.